The molecule has 1 saturated carbocycles. The van der Waals surface area contributed by atoms with Gasteiger partial charge in [0.1, 0.15) is 11.6 Å². The van der Waals surface area contributed by atoms with Crippen LogP contribution >= 0.6 is 0 Å². The fourth-order valence-corrected chi connectivity index (χ4v) is 7.87. The van der Waals surface area contributed by atoms with Crippen molar-refractivity contribution in [1.29, 1.82) is 0 Å². The van der Waals surface area contributed by atoms with Gasteiger partial charge in [0.2, 0.25) is 0 Å². The first-order valence-electron chi connectivity index (χ1n) is 17.6. The van der Waals surface area contributed by atoms with Gasteiger partial charge >= 0.3 is 0 Å². The third-order valence-corrected chi connectivity index (χ3v) is 12.5. The van der Waals surface area contributed by atoms with Gasteiger partial charge in [-0.2, -0.15) is 0 Å². The Labute approximate surface area is 304 Å². The number of nitrogens with zero attached hydrogens (tertiary/aromatic N) is 2. The zero-order valence-electron chi connectivity index (χ0n) is 31.4. The van der Waals surface area contributed by atoms with E-state index in [9.17, 15) is 9.90 Å². The van der Waals surface area contributed by atoms with E-state index in [1.807, 2.05) is 48.5 Å². The number of carbonyl (C=O) groups excluding carboxylic acids is 1. The molecule has 1 aliphatic rings. The van der Waals surface area contributed by atoms with Crippen LogP contribution in [-0.4, -0.2) is 28.9 Å². The van der Waals surface area contributed by atoms with Gasteiger partial charge in [0, 0.05) is 50.5 Å². The molecule has 0 saturated heterocycles. The molecule has 48 heavy (non-hydrogen) atoms. The number of aliphatic hydroxyl groups is 1. The Morgan fingerprint density at radius 1 is 0.979 bits per heavy atom. The third-order valence-electron chi connectivity index (χ3n) is 10.5. The second-order valence-electron chi connectivity index (χ2n) is 16.0. The number of allylic oxidation sites excluding steroid dienone is 2. The molecule has 0 amide bonds. The van der Waals surface area contributed by atoms with Crippen LogP contribution in [0, 0.1) is 37.7 Å². The molecule has 0 aliphatic heterocycles. The number of hydrogen-bond donors (Lipinski definition) is 1. The molecule has 1 N–H and O–H groups in total. The van der Waals surface area contributed by atoms with Crippen LogP contribution < -0.4 is 5.19 Å². The first-order chi connectivity index (χ1) is 21.9. The Morgan fingerprint density at radius 2 is 1.60 bits per heavy atom. The van der Waals surface area contributed by atoms with Crippen LogP contribution in [0.1, 0.15) is 109 Å². The van der Waals surface area contributed by atoms with Crippen molar-refractivity contribution in [3.05, 3.63) is 76.8 Å². The van der Waals surface area contributed by atoms with Crippen LogP contribution in [0.15, 0.2) is 48.2 Å². The molecule has 261 valence electrons. The van der Waals surface area contributed by atoms with E-state index in [0.717, 1.165) is 40.8 Å². The van der Waals surface area contributed by atoms with Gasteiger partial charge in [-0.1, -0.05) is 92.2 Å². The molecule has 1 aromatic heterocycles. The van der Waals surface area contributed by atoms with Gasteiger partial charge in [-0.05, 0) is 85.5 Å². The monoisotopic (exact) mass is 842 g/mol. The summed E-state index contributed by atoms with van der Waals surface area (Å²) in [5.41, 5.74) is 6.87. The van der Waals surface area contributed by atoms with E-state index >= 15 is 0 Å². The molecule has 1 aliphatic carbocycles. The summed E-state index contributed by atoms with van der Waals surface area (Å²) in [6.07, 6.45) is 8.34. The van der Waals surface area contributed by atoms with Crippen LogP contribution in [0.4, 0.5) is 0 Å². The van der Waals surface area contributed by atoms with Crippen LogP contribution in [0.5, 0.6) is 0 Å². The third kappa shape index (κ3) is 8.55. The standard InChI is InChI=1S/C29H33N2Si.C13H24O2.Ir/c1-18-17-23-13-16-25-28(22-11-14-24(15-12-22)32(4,5)6)30-20(3)31-29(25)27(23)19(2)26(18)21-9-7-8-10-21;1-7-13(6,8-2)11(15)9-10(14)12(3,4)5;/h11,13-17,21H,7-10H2,1-6H3;9,14H,7-8H2,1-6H3;/q-1;;/b;10-9-;. The fourth-order valence-electron chi connectivity index (χ4n) is 6.78. The zero-order valence-corrected chi connectivity index (χ0v) is 34.8. The number of aryl methyl sites for hydroxylation is 3. The molecule has 0 atom stereocenters. The number of benzene rings is 3. The normalized spacial score (nSPS) is 14.5. The summed E-state index contributed by atoms with van der Waals surface area (Å²) in [5, 5.41) is 14.9. The van der Waals surface area contributed by atoms with Gasteiger partial charge in [-0.25, -0.2) is 4.98 Å². The van der Waals surface area contributed by atoms with Crippen molar-refractivity contribution in [3.8, 4) is 11.3 Å². The molecule has 0 bridgehead atoms. The molecule has 5 rings (SSSR count). The number of aliphatic hydroxyl groups excluding tert-OH is 1. The van der Waals surface area contributed by atoms with E-state index in [-0.39, 0.29) is 42.5 Å². The van der Waals surface area contributed by atoms with Crippen LogP contribution in [-0.2, 0) is 24.9 Å². The maximum atomic E-state index is 11.9. The van der Waals surface area contributed by atoms with Gasteiger partial charge in [0.05, 0.1) is 5.52 Å². The van der Waals surface area contributed by atoms with Crippen LogP contribution in [0.3, 0.4) is 0 Å². The van der Waals surface area contributed by atoms with E-state index < -0.39 is 8.07 Å². The van der Waals surface area contributed by atoms with E-state index in [1.165, 1.54) is 58.8 Å². The molecule has 1 heterocycles. The Morgan fingerprint density at radius 3 is 2.12 bits per heavy atom. The average Bonchev–Trinajstić information content (AvgIpc) is 3.53. The number of carbonyl (C=O) groups is 1. The Hall–Kier alpha value is -2.66. The topological polar surface area (TPSA) is 63.1 Å². The Balaban J connectivity index is 0.000000334. The number of aromatic nitrogens is 2. The van der Waals surface area contributed by atoms with Crippen molar-refractivity contribution in [2.45, 2.75) is 126 Å². The molecule has 0 unspecified atom stereocenters. The fraction of sp³-hybridized carbons (Fsp3) is 0.500. The predicted molar refractivity (Wildman–Crippen MR) is 204 cm³/mol. The van der Waals surface area contributed by atoms with Gasteiger partial charge in [-0.3, -0.25) is 9.78 Å². The van der Waals surface area contributed by atoms with Crippen molar-refractivity contribution in [3.63, 3.8) is 0 Å². The number of hydrogen-bond acceptors (Lipinski definition) is 4. The van der Waals surface area contributed by atoms with E-state index in [1.54, 1.807) is 5.56 Å². The van der Waals surface area contributed by atoms with E-state index in [2.05, 4.69) is 76.0 Å². The first kappa shape index (κ1) is 39.8. The second kappa shape index (κ2) is 15.5. The number of rotatable bonds is 7. The Bertz CT molecular complexity index is 1790. The summed E-state index contributed by atoms with van der Waals surface area (Å²) in [7, 11) is -1.35. The molecule has 1 radical (unpaired) electrons. The molecule has 4 aromatic rings. The molecular formula is C42H57IrN2O2Si-. The second-order valence-corrected chi connectivity index (χ2v) is 21.1. The van der Waals surface area contributed by atoms with Crippen molar-refractivity contribution in [2.75, 3.05) is 0 Å². The number of fused-ring (bicyclic) bond motifs is 3. The minimum Gasteiger partial charge on any atom is -0.512 e. The maximum Gasteiger partial charge on any atom is 0.164 e. The average molecular weight is 842 g/mol. The zero-order chi connectivity index (χ0) is 34.9. The van der Waals surface area contributed by atoms with Crippen molar-refractivity contribution in [1.82, 2.24) is 9.97 Å². The van der Waals surface area contributed by atoms with Crippen LogP contribution in [0.25, 0.3) is 32.9 Å². The minimum absolute atomic E-state index is 0. The smallest absolute Gasteiger partial charge is 0.164 e. The molecule has 6 heteroatoms. The number of ketones is 1. The summed E-state index contributed by atoms with van der Waals surface area (Å²) in [6.45, 7) is 25.4. The van der Waals surface area contributed by atoms with Crippen molar-refractivity contribution >= 4 is 40.7 Å². The van der Waals surface area contributed by atoms with Crippen molar-refractivity contribution < 1.29 is 30.0 Å². The SMILES string of the molecule is CCC(C)(CC)C(=O)/C=C(\O)C(C)(C)C.Cc1nc(-c2[c-]cc([Si](C)(C)C)cc2)c2ccc3cc(C)c(C4CCCC4)c(C)c3c2n1.[Ir]. The minimum atomic E-state index is -1.35. The molecule has 1 fully saturated rings. The van der Waals surface area contributed by atoms with Crippen molar-refractivity contribution in [2.24, 2.45) is 10.8 Å². The van der Waals surface area contributed by atoms with E-state index in [0.29, 0.717) is 5.92 Å². The maximum absolute atomic E-state index is 11.9. The Kier molecular flexibility index (Phi) is 12.8. The predicted octanol–water partition coefficient (Wildman–Crippen LogP) is 11.2. The summed E-state index contributed by atoms with van der Waals surface area (Å²) >= 11 is 0. The quantitative estimate of drug-likeness (QED) is 0.0662. The summed E-state index contributed by atoms with van der Waals surface area (Å²) in [5.74, 6) is 1.71. The van der Waals surface area contributed by atoms with Gasteiger partial charge in [0.15, 0.2) is 5.78 Å². The molecule has 4 nitrogen and oxygen atoms in total. The van der Waals surface area contributed by atoms with Gasteiger partial charge in [-0.15, -0.1) is 35.0 Å². The molecular weight excluding hydrogens is 785 g/mol. The summed E-state index contributed by atoms with van der Waals surface area (Å²) in [6, 6.07) is 17.0. The molecule has 3 aromatic carbocycles. The first-order valence-corrected chi connectivity index (χ1v) is 21.1. The molecule has 0 spiro atoms. The summed E-state index contributed by atoms with van der Waals surface area (Å²) < 4.78 is 0. The van der Waals surface area contributed by atoms with Crippen LogP contribution in [0.2, 0.25) is 19.6 Å². The van der Waals surface area contributed by atoms with Gasteiger partial charge < -0.3 is 5.11 Å². The van der Waals surface area contributed by atoms with E-state index in [4.69, 9.17) is 9.97 Å². The summed E-state index contributed by atoms with van der Waals surface area (Å²) in [4.78, 5) is 21.8. The van der Waals surface area contributed by atoms with Gasteiger partial charge in [0.25, 0.3) is 0 Å². The largest absolute Gasteiger partial charge is 0.512 e.